The van der Waals surface area contributed by atoms with Gasteiger partial charge < -0.3 is 19.5 Å². The van der Waals surface area contributed by atoms with Gasteiger partial charge in [-0.2, -0.15) is 0 Å². The van der Waals surface area contributed by atoms with Crippen LogP contribution in [0.5, 0.6) is 11.5 Å². The fraction of sp³-hybridized carbons (Fsp3) is 0.0800. The number of aromatic nitrogens is 1. The van der Waals surface area contributed by atoms with Crippen molar-refractivity contribution in [2.24, 2.45) is 0 Å². The van der Waals surface area contributed by atoms with E-state index in [0.29, 0.717) is 28.1 Å². The number of esters is 1. The lowest BCUT2D eigenvalue weighted by molar-refractivity contribution is 0.0474. The van der Waals surface area contributed by atoms with E-state index in [0.717, 1.165) is 5.56 Å². The normalized spacial score (nSPS) is 11.8. The smallest absolute Gasteiger partial charge is 0.342 e. The quantitative estimate of drug-likeness (QED) is 0.425. The predicted octanol–water partition coefficient (Wildman–Crippen LogP) is 4.96. The second kappa shape index (κ2) is 8.88. The number of para-hydroxylation sites is 1. The lowest BCUT2D eigenvalue weighted by Gasteiger charge is -2.13. The van der Waals surface area contributed by atoms with Crippen LogP contribution >= 0.6 is 0 Å². The van der Waals surface area contributed by atoms with Crippen LogP contribution in [-0.4, -0.2) is 23.8 Å². The van der Waals surface area contributed by atoms with Gasteiger partial charge in [-0.3, -0.25) is 5.32 Å². The van der Waals surface area contributed by atoms with Crippen LogP contribution in [0, 0.1) is 0 Å². The highest BCUT2D eigenvalue weighted by molar-refractivity contribution is 6.06. The zero-order chi connectivity index (χ0) is 22.6. The van der Waals surface area contributed by atoms with E-state index in [1.807, 2.05) is 36.4 Å². The molecule has 0 saturated carbocycles. The van der Waals surface area contributed by atoms with Gasteiger partial charge in [-0.05, 0) is 29.8 Å². The largest absolute Gasteiger partial charge is 0.457 e. The van der Waals surface area contributed by atoms with Gasteiger partial charge >= 0.3 is 12.0 Å². The van der Waals surface area contributed by atoms with Crippen molar-refractivity contribution in [1.29, 1.82) is 0 Å². The summed E-state index contributed by atoms with van der Waals surface area (Å²) >= 11 is 0. The molecule has 0 fully saturated rings. The fourth-order valence-corrected chi connectivity index (χ4v) is 3.41. The average Bonchev–Trinajstić information content (AvgIpc) is 3.29. The van der Waals surface area contributed by atoms with Crippen LogP contribution in [0.15, 0.2) is 78.9 Å². The van der Waals surface area contributed by atoms with Gasteiger partial charge in [0.2, 0.25) is 6.79 Å². The molecule has 1 aromatic heterocycles. The van der Waals surface area contributed by atoms with Crippen molar-refractivity contribution in [3.63, 3.8) is 0 Å². The maximum Gasteiger partial charge on any atom is 0.342 e. The lowest BCUT2D eigenvalue weighted by atomic mass is 10.1. The summed E-state index contributed by atoms with van der Waals surface area (Å²) in [4.78, 5) is 30.1. The Balaban J connectivity index is 1.45. The summed E-state index contributed by atoms with van der Waals surface area (Å²) in [5, 5.41) is 6.03. The number of benzene rings is 3. The first-order chi connectivity index (χ1) is 16.2. The van der Waals surface area contributed by atoms with Crippen molar-refractivity contribution in [2.75, 3.05) is 17.4 Å². The van der Waals surface area contributed by atoms with E-state index in [4.69, 9.17) is 14.2 Å². The number of ether oxygens (including phenoxy) is 3. The summed E-state index contributed by atoms with van der Waals surface area (Å²) in [7, 11) is 0. The highest BCUT2D eigenvalue weighted by atomic mass is 16.7. The minimum absolute atomic E-state index is 0.0767. The molecule has 5 rings (SSSR count). The molecule has 8 heteroatoms. The number of hydrogen-bond acceptors (Lipinski definition) is 6. The SMILES string of the molecule is O=C(Nc1ccccc1)Nc1nc2cc3c(cc2cc1C(=O)OCc1ccccc1)OCO3. The van der Waals surface area contributed by atoms with Crippen LogP contribution in [0.25, 0.3) is 10.9 Å². The van der Waals surface area contributed by atoms with Crippen LogP contribution < -0.4 is 20.1 Å². The fourth-order valence-electron chi connectivity index (χ4n) is 3.41. The molecule has 2 heterocycles. The van der Waals surface area contributed by atoms with Crippen molar-refractivity contribution in [2.45, 2.75) is 6.61 Å². The van der Waals surface area contributed by atoms with Crippen LogP contribution in [-0.2, 0) is 11.3 Å². The average molecular weight is 441 g/mol. The molecular weight excluding hydrogens is 422 g/mol. The molecule has 2 N–H and O–H groups in total. The van der Waals surface area contributed by atoms with Crippen LogP contribution in [0.3, 0.4) is 0 Å². The Labute approximate surface area is 189 Å². The van der Waals surface area contributed by atoms with Gasteiger partial charge in [0.05, 0.1) is 5.52 Å². The number of hydrogen-bond donors (Lipinski definition) is 2. The molecule has 0 saturated heterocycles. The summed E-state index contributed by atoms with van der Waals surface area (Å²) in [6.07, 6.45) is 0. The Hall–Kier alpha value is -4.59. The third kappa shape index (κ3) is 4.54. The first kappa shape index (κ1) is 20.3. The Morgan fingerprint density at radius 2 is 1.58 bits per heavy atom. The van der Waals surface area contributed by atoms with Crippen molar-refractivity contribution in [3.05, 3.63) is 90.0 Å². The number of urea groups is 1. The van der Waals surface area contributed by atoms with Crippen LogP contribution in [0.2, 0.25) is 0 Å². The molecule has 2 amide bonds. The zero-order valence-electron chi connectivity index (χ0n) is 17.4. The summed E-state index contributed by atoms with van der Waals surface area (Å²) < 4.78 is 16.3. The Morgan fingerprint density at radius 1 is 0.879 bits per heavy atom. The number of nitrogens with one attached hydrogen (secondary N) is 2. The molecule has 0 spiro atoms. The second-order valence-corrected chi connectivity index (χ2v) is 7.29. The first-order valence-electron chi connectivity index (χ1n) is 10.2. The molecule has 0 radical (unpaired) electrons. The number of amides is 2. The third-order valence-electron chi connectivity index (χ3n) is 5.01. The molecule has 1 aliphatic rings. The van der Waals surface area contributed by atoms with Crippen molar-refractivity contribution in [1.82, 2.24) is 4.98 Å². The summed E-state index contributed by atoms with van der Waals surface area (Å²) in [5.74, 6) is 0.582. The number of pyridine rings is 1. The number of rotatable bonds is 5. The highest BCUT2D eigenvalue weighted by Crippen LogP contribution is 2.36. The molecule has 1 aliphatic heterocycles. The molecule has 0 aliphatic carbocycles. The third-order valence-corrected chi connectivity index (χ3v) is 5.01. The summed E-state index contributed by atoms with van der Waals surface area (Å²) in [5.41, 5.74) is 2.11. The van der Waals surface area contributed by atoms with Gasteiger partial charge in [-0.1, -0.05) is 48.5 Å². The van der Waals surface area contributed by atoms with Crippen molar-refractivity contribution >= 4 is 34.4 Å². The van der Waals surface area contributed by atoms with Crippen LogP contribution in [0.1, 0.15) is 15.9 Å². The summed E-state index contributed by atoms with van der Waals surface area (Å²) in [6.45, 7) is 0.205. The van der Waals surface area contributed by atoms with Crippen molar-refractivity contribution in [3.8, 4) is 11.5 Å². The zero-order valence-corrected chi connectivity index (χ0v) is 17.4. The molecule has 0 atom stereocenters. The minimum atomic E-state index is -0.610. The van der Waals surface area contributed by atoms with Crippen LogP contribution in [0.4, 0.5) is 16.3 Å². The Kier molecular flexibility index (Phi) is 5.47. The molecule has 33 heavy (non-hydrogen) atoms. The standard InChI is InChI=1S/C25H19N3O5/c29-24(31-14-16-7-3-1-4-8-16)19-11-17-12-21-22(33-15-32-21)13-20(17)27-23(19)28-25(30)26-18-9-5-2-6-10-18/h1-13H,14-15H2,(H2,26,27,28,30). The number of nitrogens with zero attached hydrogens (tertiary/aromatic N) is 1. The molecule has 4 aromatic rings. The van der Waals surface area contributed by atoms with Gasteiger partial charge in [0.15, 0.2) is 11.5 Å². The topological polar surface area (TPSA) is 98.8 Å². The van der Waals surface area contributed by atoms with Gasteiger partial charge in [0, 0.05) is 17.1 Å². The Bertz CT molecular complexity index is 1330. The van der Waals surface area contributed by atoms with E-state index < -0.39 is 12.0 Å². The van der Waals surface area contributed by atoms with E-state index in [-0.39, 0.29) is 24.8 Å². The van der Waals surface area contributed by atoms with Gasteiger partial charge in [-0.25, -0.2) is 14.6 Å². The molecule has 0 bridgehead atoms. The number of carbonyl (C=O) groups excluding carboxylic acids is 2. The molecule has 0 unspecified atom stereocenters. The summed E-state index contributed by atoms with van der Waals surface area (Å²) in [6, 6.07) is 22.8. The van der Waals surface area contributed by atoms with Gasteiger partial charge in [0.25, 0.3) is 0 Å². The van der Waals surface area contributed by atoms with Gasteiger partial charge in [0.1, 0.15) is 18.0 Å². The maximum atomic E-state index is 13.0. The molecule has 3 aromatic carbocycles. The highest BCUT2D eigenvalue weighted by Gasteiger charge is 2.21. The van der Waals surface area contributed by atoms with E-state index in [1.165, 1.54) is 0 Å². The second-order valence-electron chi connectivity index (χ2n) is 7.29. The van der Waals surface area contributed by atoms with Crippen molar-refractivity contribution < 1.29 is 23.8 Å². The van der Waals surface area contributed by atoms with E-state index >= 15 is 0 Å². The van der Waals surface area contributed by atoms with E-state index in [2.05, 4.69) is 15.6 Å². The maximum absolute atomic E-state index is 13.0. The monoisotopic (exact) mass is 441 g/mol. The number of fused-ring (bicyclic) bond motifs is 2. The van der Waals surface area contributed by atoms with E-state index in [1.54, 1.807) is 42.5 Å². The number of carbonyl (C=O) groups is 2. The molecular formula is C25H19N3O5. The van der Waals surface area contributed by atoms with Gasteiger partial charge in [-0.15, -0.1) is 0 Å². The van der Waals surface area contributed by atoms with E-state index in [9.17, 15) is 9.59 Å². The Morgan fingerprint density at radius 3 is 2.33 bits per heavy atom. The predicted molar refractivity (Wildman–Crippen MR) is 123 cm³/mol. The first-order valence-corrected chi connectivity index (χ1v) is 10.2. The number of anilines is 2. The molecule has 8 nitrogen and oxygen atoms in total. The lowest BCUT2D eigenvalue weighted by Crippen LogP contribution is -2.22. The molecule has 164 valence electrons. The minimum Gasteiger partial charge on any atom is -0.457 e.